The molecular weight excluding hydrogens is 328 g/mol. The molecule has 11 nitrogen and oxygen atoms in total. The van der Waals surface area contributed by atoms with Crippen LogP contribution in [0.4, 0.5) is 5.82 Å². The number of anilines is 1. The molecule has 2 aromatic heterocycles. The normalized spacial score (nSPS) is 15.3. The van der Waals surface area contributed by atoms with Crippen molar-refractivity contribution in [2.75, 3.05) is 38.0 Å². The van der Waals surface area contributed by atoms with Crippen LogP contribution in [-0.2, 0) is 16.1 Å². The number of tetrazole rings is 1. The van der Waals surface area contributed by atoms with Crippen molar-refractivity contribution in [1.29, 1.82) is 0 Å². The molecule has 1 aliphatic rings. The minimum atomic E-state index is -0.147. The van der Waals surface area contributed by atoms with Crippen LogP contribution in [0.15, 0.2) is 16.9 Å². The second-order valence-corrected chi connectivity index (χ2v) is 5.85. The average Bonchev–Trinajstić information content (AvgIpc) is 3.25. The van der Waals surface area contributed by atoms with Crippen LogP contribution in [0.5, 0.6) is 0 Å². The van der Waals surface area contributed by atoms with Crippen LogP contribution in [0.1, 0.15) is 12.2 Å². The summed E-state index contributed by atoms with van der Waals surface area (Å²) in [4.78, 5) is 28.0. The first-order valence-electron chi connectivity index (χ1n) is 8.04. The number of hydrogen-bond donors (Lipinski definition) is 1. The van der Waals surface area contributed by atoms with Gasteiger partial charge in [-0.05, 0) is 17.4 Å². The van der Waals surface area contributed by atoms with Gasteiger partial charge in [-0.1, -0.05) is 5.16 Å². The fourth-order valence-electron chi connectivity index (χ4n) is 2.62. The van der Waals surface area contributed by atoms with Gasteiger partial charge in [0.05, 0.1) is 13.1 Å². The molecule has 0 aromatic carbocycles. The largest absolute Gasteiger partial charge is 0.360 e. The molecule has 0 radical (unpaired) electrons. The molecule has 3 rings (SSSR count). The summed E-state index contributed by atoms with van der Waals surface area (Å²) in [5.74, 6) is 0.979. The molecule has 1 aliphatic heterocycles. The van der Waals surface area contributed by atoms with Gasteiger partial charge in [0.1, 0.15) is 12.1 Å². The number of nitrogens with zero attached hydrogens (tertiary/aromatic N) is 7. The monoisotopic (exact) mass is 348 g/mol. The molecule has 1 fully saturated rings. The lowest BCUT2D eigenvalue weighted by Gasteiger charge is -2.34. The fraction of sp³-hybridized carbons (Fsp3) is 0.571. The summed E-state index contributed by atoms with van der Waals surface area (Å²) in [5, 5.41) is 17.2. The zero-order valence-corrected chi connectivity index (χ0v) is 14.0. The van der Waals surface area contributed by atoms with Crippen LogP contribution in [0.2, 0.25) is 0 Å². The third kappa shape index (κ3) is 4.83. The topological polar surface area (TPSA) is 122 Å². The number of rotatable bonds is 6. The summed E-state index contributed by atoms with van der Waals surface area (Å²) in [6.45, 7) is 5.00. The quantitative estimate of drug-likeness (QED) is 0.716. The summed E-state index contributed by atoms with van der Waals surface area (Å²) >= 11 is 0. The minimum Gasteiger partial charge on any atom is -0.360 e. The molecule has 0 unspecified atom stereocenters. The second-order valence-electron chi connectivity index (χ2n) is 5.85. The maximum atomic E-state index is 12.2. The molecule has 1 saturated heterocycles. The standard InChI is InChI=1S/C14H20N8O3/c1-11-8-12(17-25-11)16-13(23)9-20-4-6-21(7-5-20)14(24)2-3-22-10-15-18-19-22/h8,10H,2-7,9H2,1H3,(H,16,17,23). The Morgan fingerprint density at radius 3 is 2.72 bits per heavy atom. The molecule has 0 spiro atoms. The number of nitrogens with one attached hydrogen (secondary N) is 1. The second kappa shape index (κ2) is 7.83. The van der Waals surface area contributed by atoms with Gasteiger partial charge in [0.25, 0.3) is 0 Å². The minimum absolute atomic E-state index is 0.0673. The van der Waals surface area contributed by atoms with E-state index in [9.17, 15) is 9.59 Å². The fourth-order valence-corrected chi connectivity index (χ4v) is 2.62. The highest BCUT2D eigenvalue weighted by atomic mass is 16.5. The van der Waals surface area contributed by atoms with E-state index >= 15 is 0 Å². The summed E-state index contributed by atoms with van der Waals surface area (Å²) < 4.78 is 6.44. The molecule has 25 heavy (non-hydrogen) atoms. The van der Waals surface area contributed by atoms with Gasteiger partial charge in [0.2, 0.25) is 11.8 Å². The highest BCUT2D eigenvalue weighted by molar-refractivity contribution is 5.91. The van der Waals surface area contributed by atoms with Crippen LogP contribution in [0, 0.1) is 6.92 Å². The molecule has 3 heterocycles. The van der Waals surface area contributed by atoms with Gasteiger partial charge < -0.3 is 14.7 Å². The molecule has 0 bridgehead atoms. The van der Waals surface area contributed by atoms with Gasteiger partial charge >= 0.3 is 0 Å². The van der Waals surface area contributed by atoms with Crippen LogP contribution in [0.25, 0.3) is 0 Å². The van der Waals surface area contributed by atoms with Crippen LogP contribution >= 0.6 is 0 Å². The Balaban J connectivity index is 1.37. The lowest BCUT2D eigenvalue weighted by atomic mass is 10.2. The Labute approximate surface area is 143 Å². The smallest absolute Gasteiger partial charge is 0.239 e. The van der Waals surface area contributed by atoms with E-state index in [0.29, 0.717) is 50.7 Å². The molecule has 134 valence electrons. The van der Waals surface area contributed by atoms with Gasteiger partial charge in [-0.15, -0.1) is 5.10 Å². The average molecular weight is 348 g/mol. The molecule has 0 saturated carbocycles. The predicted octanol–water partition coefficient (Wildman–Crippen LogP) is -0.857. The Morgan fingerprint density at radius 1 is 1.28 bits per heavy atom. The molecule has 11 heteroatoms. The van der Waals surface area contributed by atoms with Crippen molar-refractivity contribution >= 4 is 17.6 Å². The number of carbonyl (C=O) groups is 2. The Bertz CT molecular complexity index is 705. The Kier molecular flexibility index (Phi) is 5.33. The predicted molar refractivity (Wildman–Crippen MR) is 85.3 cm³/mol. The number of piperazine rings is 1. The molecule has 1 N–H and O–H groups in total. The number of amides is 2. The maximum absolute atomic E-state index is 12.2. The molecule has 0 atom stereocenters. The van der Waals surface area contributed by atoms with Crippen molar-refractivity contribution in [1.82, 2.24) is 35.2 Å². The number of hydrogen-bond acceptors (Lipinski definition) is 8. The van der Waals surface area contributed by atoms with Crippen LogP contribution < -0.4 is 5.32 Å². The third-order valence-corrected chi connectivity index (χ3v) is 3.93. The van der Waals surface area contributed by atoms with E-state index in [1.165, 1.54) is 11.0 Å². The summed E-state index contributed by atoms with van der Waals surface area (Å²) in [6, 6.07) is 1.67. The first-order chi connectivity index (χ1) is 12.1. The van der Waals surface area contributed by atoms with E-state index in [0.717, 1.165) is 0 Å². The first kappa shape index (κ1) is 17.0. The lowest BCUT2D eigenvalue weighted by molar-refractivity contribution is -0.133. The van der Waals surface area contributed by atoms with Gasteiger partial charge in [-0.2, -0.15) is 0 Å². The number of aromatic nitrogens is 5. The van der Waals surface area contributed by atoms with Crippen LogP contribution in [0.3, 0.4) is 0 Å². The van der Waals surface area contributed by atoms with Crippen molar-refractivity contribution in [2.45, 2.75) is 19.9 Å². The molecule has 2 aromatic rings. The zero-order chi connectivity index (χ0) is 17.6. The van der Waals surface area contributed by atoms with E-state index < -0.39 is 0 Å². The number of carbonyl (C=O) groups excluding carboxylic acids is 2. The van der Waals surface area contributed by atoms with Gasteiger partial charge in [0, 0.05) is 38.7 Å². The van der Waals surface area contributed by atoms with Crippen molar-refractivity contribution in [3.8, 4) is 0 Å². The highest BCUT2D eigenvalue weighted by Gasteiger charge is 2.22. The highest BCUT2D eigenvalue weighted by Crippen LogP contribution is 2.08. The molecule has 0 aliphatic carbocycles. The lowest BCUT2D eigenvalue weighted by Crippen LogP contribution is -2.50. The van der Waals surface area contributed by atoms with Crippen molar-refractivity contribution in [3.05, 3.63) is 18.2 Å². The maximum Gasteiger partial charge on any atom is 0.239 e. The van der Waals surface area contributed by atoms with Gasteiger partial charge in [-0.25, -0.2) is 4.68 Å². The van der Waals surface area contributed by atoms with Gasteiger partial charge in [0.15, 0.2) is 5.82 Å². The van der Waals surface area contributed by atoms with E-state index in [-0.39, 0.29) is 18.4 Å². The molecule has 2 amide bonds. The summed E-state index contributed by atoms with van der Waals surface area (Å²) in [7, 11) is 0. The first-order valence-corrected chi connectivity index (χ1v) is 8.04. The van der Waals surface area contributed by atoms with E-state index in [1.54, 1.807) is 17.9 Å². The van der Waals surface area contributed by atoms with Crippen molar-refractivity contribution in [3.63, 3.8) is 0 Å². The third-order valence-electron chi connectivity index (χ3n) is 3.93. The summed E-state index contributed by atoms with van der Waals surface area (Å²) in [5.41, 5.74) is 0. The zero-order valence-electron chi connectivity index (χ0n) is 14.0. The Hall–Kier alpha value is -2.82. The SMILES string of the molecule is Cc1cc(NC(=O)CN2CCN(C(=O)CCn3cnnn3)CC2)no1. The summed E-state index contributed by atoms with van der Waals surface area (Å²) in [6.07, 6.45) is 1.84. The van der Waals surface area contributed by atoms with Gasteiger partial charge in [-0.3, -0.25) is 14.5 Å². The van der Waals surface area contributed by atoms with E-state index in [4.69, 9.17) is 4.52 Å². The van der Waals surface area contributed by atoms with Crippen LogP contribution in [-0.4, -0.2) is 79.7 Å². The van der Waals surface area contributed by atoms with Crippen molar-refractivity contribution in [2.24, 2.45) is 0 Å². The Morgan fingerprint density at radius 2 is 2.08 bits per heavy atom. The van der Waals surface area contributed by atoms with E-state index in [1.807, 2.05) is 4.90 Å². The van der Waals surface area contributed by atoms with E-state index in [2.05, 4.69) is 26.0 Å². The molecular formula is C14H20N8O3. The number of aryl methyl sites for hydroxylation is 2. The van der Waals surface area contributed by atoms with Crippen molar-refractivity contribution < 1.29 is 14.1 Å².